The zero-order valence-electron chi connectivity index (χ0n) is 10.9. The van der Waals surface area contributed by atoms with E-state index in [1.807, 2.05) is 0 Å². The molecule has 2 rings (SSSR count). The van der Waals surface area contributed by atoms with Gasteiger partial charge in [-0.2, -0.15) is 0 Å². The number of carbonyl (C=O) groups is 1. The molecule has 104 valence electrons. The Labute approximate surface area is 115 Å². The number of anilines is 1. The van der Waals surface area contributed by atoms with Gasteiger partial charge in [-0.3, -0.25) is 0 Å². The van der Waals surface area contributed by atoms with E-state index in [9.17, 15) is 4.79 Å². The van der Waals surface area contributed by atoms with E-state index in [2.05, 4.69) is 4.98 Å². The van der Waals surface area contributed by atoms with Gasteiger partial charge in [0.15, 0.2) is 5.75 Å². The highest BCUT2D eigenvalue weighted by atomic mass is 16.5. The molecule has 0 saturated carbocycles. The number of nitrogens with two attached hydrogens (primary N) is 1. The number of nitrogen functional groups attached to an aromatic ring is 1. The normalized spacial score (nSPS) is 10.1. The van der Waals surface area contributed by atoms with Gasteiger partial charge in [0, 0.05) is 6.20 Å². The highest BCUT2D eigenvalue weighted by molar-refractivity contribution is 5.93. The molecule has 0 amide bonds. The van der Waals surface area contributed by atoms with E-state index in [1.165, 1.54) is 13.2 Å². The minimum absolute atomic E-state index is 0.0212. The molecule has 2 aromatic rings. The average Bonchev–Trinajstić information content (AvgIpc) is 2.46. The first-order valence-corrected chi connectivity index (χ1v) is 5.86. The second kappa shape index (κ2) is 5.92. The fourth-order valence-electron chi connectivity index (χ4n) is 1.75. The summed E-state index contributed by atoms with van der Waals surface area (Å²) in [5.41, 5.74) is 6.75. The van der Waals surface area contributed by atoms with Gasteiger partial charge in [0.25, 0.3) is 0 Å². The summed E-state index contributed by atoms with van der Waals surface area (Å²) in [4.78, 5) is 15.2. The van der Waals surface area contributed by atoms with Gasteiger partial charge in [-0.25, -0.2) is 9.78 Å². The largest absolute Gasteiger partial charge is 0.486 e. The quantitative estimate of drug-likeness (QED) is 0.809. The molecule has 0 saturated heterocycles. The van der Waals surface area contributed by atoms with Crippen molar-refractivity contribution in [1.82, 2.24) is 4.98 Å². The topological polar surface area (TPSA) is 94.7 Å². The number of carboxylic acid groups (broad SMARTS) is 1. The van der Waals surface area contributed by atoms with Crippen LogP contribution < -0.4 is 15.2 Å². The fraction of sp³-hybridized carbons (Fsp3) is 0.143. The molecule has 1 aromatic heterocycles. The van der Waals surface area contributed by atoms with Gasteiger partial charge < -0.3 is 20.3 Å². The molecular weight excluding hydrogens is 260 g/mol. The lowest BCUT2D eigenvalue weighted by Gasteiger charge is -2.12. The second-order valence-electron chi connectivity index (χ2n) is 3.99. The van der Waals surface area contributed by atoms with E-state index >= 15 is 0 Å². The summed E-state index contributed by atoms with van der Waals surface area (Å²) in [5.74, 6) is -0.518. The minimum atomic E-state index is -1.09. The number of nitrogens with zero attached hydrogens (tertiary/aromatic N) is 1. The molecule has 1 heterocycles. The third-order valence-electron chi connectivity index (χ3n) is 2.69. The first-order valence-electron chi connectivity index (χ1n) is 5.86. The first-order chi connectivity index (χ1) is 9.63. The lowest BCUT2D eigenvalue weighted by Crippen LogP contribution is -2.07. The number of hydrogen-bond donors (Lipinski definition) is 2. The van der Waals surface area contributed by atoms with Gasteiger partial charge in [0.05, 0.1) is 18.4 Å². The number of ether oxygens (including phenoxy) is 2. The Bertz CT molecular complexity index is 628. The summed E-state index contributed by atoms with van der Waals surface area (Å²) in [5, 5.41) is 9.12. The summed E-state index contributed by atoms with van der Waals surface area (Å²) < 4.78 is 10.6. The molecule has 6 nitrogen and oxygen atoms in total. The van der Waals surface area contributed by atoms with Crippen LogP contribution in [0.15, 0.2) is 36.5 Å². The van der Waals surface area contributed by atoms with Gasteiger partial charge >= 0.3 is 5.97 Å². The zero-order valence-corrected chi connectivity index (χ0v) is 10.9. The van der Waals surface area contributed by atoms with Crippen LogP contribution in [0.4, 0.5) is 5.69 Å². The zero-order chi connectivity index (χ0) is 14.5. The minimum Gasteiger partial charge on any atom is -0.486 e. The standard InChI is InChI=1S/C14H14N2O4/c1-19-13-9(4-3-7-16-13)8-20-12-10(14(17)18)5-2-6-11(12)15/h2-7H,8,15H2,1H3,(H,17,18). The van der Waals surface area contributed by atoms with Crippen LogP contribution in [0, 0.1) is 0 Å². The molecule has 0 fully saturated rings. The number of hydrogen-bond acceptors (Lipinski definition) is 5. The Kier molecular flexibility index (Phi) is 4.05. The van der Waals surface area contributed by atoms with E-state index in [4.69, 9.17) is 20.3 Å². The van der Waals surface area contributed by atoms with E-state index in [0.29, 0.717) is 11.4 Å². The van der Waals surface area contributed by atoms with Gasteiger partial charge in [-0.05, 0) is 24.3 Å². The van der Waals surface area contributed by atoms with Crippen molar-refractivity contribution in [3.63, 3.8) is 0 Å². The van der Waals surface area contributed by atoms with Gasteiger partial charge in [0.1, 0.15) is 12.2 Å². The predicted molar refractivity (Wildman–Crippen MR) is 72.9 cm³/mol. The molecule has 0 aliphatic rings. The number of methoxy groups -OCH3 is 1. The number of aromatic nitrogens is 1. The fourth-order valence-corrected chi connectivity index (χ4v) is 1.75. The van der Waals surface area contributed by atoms with Crippen molar-refractivity contribution in [2.45, 2.75) is 6.61 Å². The average molecular weight is 274 g/mol. The molecule has 0 aliphatic carbocycles. The maximum atomic E-state index is 11.1. The summed E-state index contributed by atoms with van der Waals surface area (Å²) in [6.07, 6.45) is 1.60. The third-order valence-corrected chi connectivity index (χ3v) is 2.69. The lowest BCUT2D eigenvalue weighted by atomic mass is 10.1. The Morgan fingerprint density at radius 3 is 2.85 bits per heavy atom. The maximum Gasteiger partial charge on any atom is 0.339 e. The van der Waals surface area contributed by atoms with Gasteiger partial charge in [-0.15, -0.1) is 0 Å². The van der Waals surface area contributed by atoms with Crippen LogP contribution in [0.1, 0.15) is 15.9 Å². The van der Waals surface area contributed by atoms with Crippen molar-refractivity contribution in [1.29, 1.82) is 0 Å². The molecule has 0 aliphatic heterocycles. The molecule has 3 N–H and O–H groups in total. The second-order valence-corrected chi connectivity index (χ2v) is 3.99. The summed E-state index contributed by atoms with van der Waals surface area (Å²) in [6, 6.07) is 8.12. The van der Waals surface area contributed by atoms with Crippen molar-refractivity contribution in [2.24, 2.45) is 0 Å². The summed E-state index contributed by atoms with van der Waals surface area (Å²) in [7, 11) is 1.51. The number of para-hydroxylation sites is 1. The highest BCUT2D eigenvalue weighted by Crippen LogP contribution is 2.28. The lowest BCUT2D eigenvalue weighted by molar-refractivity contribution is 0.0692. The Balaban J connectivity index is 2.25. The molecule has 0 unspecified atom stereocenters. The third kappa shape index (κ3) is 2.80. The van der Waals surface area contributed by atoms with E-state index in [-0.39, 0.29) is 23.6 Å². The molecule has 0 radical (unpaired) electrons. The van der Waals surface area contributed by atoms with Crippen molar-refractivity contribution in [3.05, 3.63) is 47.7 Å². The SMILES string of the molecule is COc1ncccc1COc1c(N)cccc1C(=O)O. The smallest absolute Gasteiger partial charge is 0.339 e. The molecule has 20 heavy (non-hydrogen) atoms. The van der Waals surface area contributed by atoms with E-state index < -0.39 is 5.97 Å². The van der Waals surface area contributed by atoms with E-state index in [1.54, 1.807) is 30.5 Å². The number of benzene rings is 1. The van der Waals surface area contributed by atoms with Crippen LogP contribution in [0.25, 0.3) is 0 Å². The molecule has 0 atom stereocenters. The molecule has 1 aromatic carbocycles. The van der Waals surface area contributed by atoms with Crippen LogP contribution in [0.2, 0.25) is 0 Å². The Morgan fingerprint density at radius 2 is 2.15 bits per heavy atom. The van der Waals surface area contributed by atoms with Crippen molar-refractivity contribution < 1.29 is 19.4 Å². The molecule has 0 bridgehead atoms. The van der Waals surface area contributed by atoms with Crippen molar-refractivity contribution in [2.75, 3.05) is 12.8 Å². The van der Waals surface area contributed by atoms with Gasteiger partial charge in [-0.1, -0.05) is 6.07 Å². The first kappa shape index (κ1) is 13.7. The van der Waals surface area contributed by atoms with Crippen LogP contribution in [-0.2, 0) is 6.61 Å². The molecular formula is C14H14N2O4. The van der Waals surface area contributed by atoms with Gasteiger partial charge in [0.2, 0.25) is 5.88 Å². The number of carboxylic acids is 1. The number of rotatable bonds is 5. The van der Waals surface area contributed by atoms with Crippen LogP contribution >= 0.6 is 0 Å². The van der Waals surface area contributed by atoms with Crippen LogP contribution in [0.3, 0.4) is 0 Å². The number of pyridine rings is 1. The van der Waals surface area contributed by atoms with Crippen LogP contribution in [0.5, 0.6) is 11.6 Å². The Hall–Kier alpha value is -2.76. The Morgan fingerprint density at radius 1 is 1.35 bits per heavy atom. The van der Waals surface area contributed by atoms with Crippen molar-refractivity contribution >= 4 is 11.7 Å². The predicted octanol–water partition coefficient (Wildman–Crippen LogP) is 1.95. The van der Waals surface area contributed by atoms with Crippen LogP contribution in [-0.4, -0.2) is 23.2 Å². The van der Waals surface area contributed by atoms with Crippen molar-refractivity contribution in [3.8, 4) is 11.6 Å². The summed E-state index contributed by atoms with van der Waals surface area (Å²) >= 11 is 0. The highest BCUT2D eigenvalue weighted by Gasteiger charge is 2.15. The monoisotopic (exact) mass is 274 g/mol. The maximum absolute atomic E-state index is 11.1. The van der Waals surface area contributed by atoms with E-state index in [0.717, 1.165) is 0 Å². The summed E-state index contributed by atoms with van der Waals surface area (Å²) in [6.45, 7) is 0.117. The molecule has 0 spiro atoms. The molecule has 6 heteroatoms. The number of aromatic carboxylic acids is 1.